The van der Waals surface area contributed by atoms with Gasteiger partial charge in [-0.2, -0.15) is 0 Å². The topological polar surface area (TPSA) is 41.4 Å². The van der Waals surface area contributed by atoms with E-state index in [9.17, 15) is 4.79 Å². The van der Waals surface area contributed by atoms with Gasteiger partial charge >= 0.3 is 0 Å². The Hall–Kier alpha value is -2.60. The summed E-state index contributed by atoms with van der Waals surface area (Å²) in [4.78, 5) is 21.5. The second-order valence-corrected chi connectivity index (χ2v) is 7.47. The van der Waals surface area contributed by atoms with Crippen LogP contribution in [-0.2, 0) is 0 Å². The summed E-state index contributed by atoms with van der Waals surface area (Å²) < 4.78 is 2.17. The van der Waals surface area contributed by atoms with E-state index in [1.165, 1.54) is 5.69 Å². The first-order chi connectivity index (χ1) is 12.6. The Bertz CT molecular complexity index is 888. The largest absolute Gasteiger partial charge is 0.368 e. The maximum atomic E-state index is 13.1. The number of pyridine rings is 1. The number of piperazine rings is 1. The highest BCUT2D eigenvalue weighted by Gasteiger charge is 2.25. The summed E-state index contributed by atoms with van der Waals surface area (Å²) in [7, 11) is 0. The Labute approximate surface area is 157 Å². The van der Waals surface area contributed by atoms with Crippen LogP contribution in [0.3, 0.4) is 0 Å². The lowest BCUT2D eigenvalue weighted by Gasteiger charge is -2.36. The third-order valence-electron chi connectivity index (χ3n) is 4.94. The van der Waals surface area contributed by atoms with Crippen LogP contribution >= 0.6 is 11.3 Å². The van der Waals surface area contributed by atoms with Gasteiger partial charge in [0, 0.05) is 55.6 Å². The molecule has 0 aromatic carbocycles. The maximum absolute atomic E-state index is 13.1. The molecule has 0 atom stereocenters. The van der Waals surface area contributed by atoms with E-state index < -0.39 is 0 Å². The van der Waals surface area contributed by atoms with Crippen LogP contribution in [0.5, 0.6) is 0 Å². The molecule has 6 heteroatoms. The van der Waals surface area contributed by atoms with Gasteiger partial charge in [0.25, 0.3) is 5.91 Å². The molecule has 0 radical (unpaired) electrons. The van der Waals surface area contributed by atoms with Crippen molar-refractivity contribution in [1.29, 1.82) is 0 Å². The molecule has 0 bridgehead atoms. The first-order valence-electron chi connectivity index (χ1n) is 8.82. The summed E-state index contributed by atoms with van der Waals surface area (Å²) >= 11 is 1.62. The monoisotopic (exact) mass is 366 g/mol. The molecule has 3 aromatic rings. The molecular weight excluding hydrogens is 344 g/mol. The second kappa shape index (κ2) is 6.96. The summed E-state index contributed by atoms with van der Waals surface area (Å²) in [6.45, 7) is 7.32. The minimum absolute atomic E-state index is 0.128. The summed E-state index contributed by atoms with van der Waals surface area (Å²) in [5.74, 6) is 0.128. The zero-order valence-corrected chi connectivity index (χ0v) is 15.9. The molecule has 0 saturated carbocycles. The van der Waals surface area contributed by atoms with Crippen molar-refractivity contribution in [1.82, 2.24) is 14.5 Å². The predicted octanol–water partition coefficient (Wildman–Crippen LogP) is 3.51. The molecule has 1 amide bonds. The van der Waals surface area contributed by atoms with Gasteiger partial charge in [-0.25, -0.2) is 0 Å². The van der Waals surface area contributed by atoms with Gasteiger partial charge in [0.2, 0.25) is 0 Å². The molecule has 0 aliphatic carbocycles. The van der Waals surface area contributed by atoms with Crippen LogP contribution in [0, 0.1) is 13.8 Å². The van der Waals surface area contributed by atoms with Crippen molar-refractivity contribution in [2.45, 2.75) is 13.8 Å². The molecule has 26 heavy (non-hydrogen) atoms. The van der Waals surface area contributed by atoms with Gasteiger partial charge in [0.1, 0.15) is 5.00 Å². The fourth-order valence-electron chi connectivity index (χ4n) is 3.52. The first-order valence-corrected chi connectivity index (χ1v) is 9.70. The minimum Gasteiger partial charge on any atom is -0.368 e. The van der Waals surface area contributed by atoms with E-state index in [4.69, 9.17) is 0 Å². The fourth-order valence-corrected chi connectivity index (χ4v) is 4.53. The van der Waals surface area contributed by atoms with Crippen LogP contribution < -0.4 is 4.90 Å². The van der Waals surface area contributed by atoms with Crippen LogP contribution in [-0.4, -0.2) is 46.5 Å². The Morgan fingerprint density at radius 1 is 0.962 bits per heavy atom. The molecule has 4 heterocycles. The lowest BCUT2D eigenvalue weighted by atomic mass is 10.2. The Kier molecular flexibility index (Phi) is 4.51. The van der Waals surface area contributed by atoms with E-state index in [0.29, 0.717) is 0 Å². The fraction of sp³-hybridized carbons (Fsp3) is 0.300. The smallest absolute Gasteiger partial charge is 0.256 e. The number of amides is 1. The summed E-state index contributed by atoms with van der Waals surface area (Å²) in [6.07, 6.45) is 3.62. The normalized spacial score (nSPS) is 14.7. The summed E-state index contributed by atoms with van der Waals surface area (Å²) in [5.41, 5.74) is 4.28. The molecule has 134 valence electrons. The van der Waals surface area contributed by atoms with Crippen LogP contribution in [0.1, 0.15) is 21.7 Å². The molecule has 1 saturated heterocycles. The van der Waals surface area contributed by atoms with E-state index >= 15 is 0 Å². The Morgan fingerprint density at radius 2 is 1.62 bits per heavy atom. The van der Waals surface area contributed by atoms with Crippen LogP contribution in [0.2, 0.25) is 0 Å². The number of thiophene rings is 1. The van der Waals surface area contributed by atoms with Crippen LogP contribution in [0.25, 0.3) is 5.00 Å². The van der Waals surface area contributed by atoms with Crippen LogP contribution in [0.4, 0.5) is 5.69 Å². The molecule has 0 unspecified atom stereocenters. The highest BCUT2D eigenvalue weighted by atomic mass is 32.1. The molecule has 1 fully saturated rings. The standard InChI is InChI=1S/C20H22N4OS/c1-15-3-4-16(2)24(15)20-18(7-14-26-20)19(25)23-12-10-22(11-13-23)17-5-8-21-9-6-17/h3-9,14H,10-13H2,1-2H3. The quantitative estimate of drug-likeness (QED) is 0.712. The molecule has 3 aromatic heterocycles. The third-order valence-corrected chi connectivity index (χ3v) is 5.84. The number of carbonyl (C=O) groups is 1. The van der Waals surface area contributed by atoms with Gasteiger partial charge in [0.15, 0.2) is 0 Å². The van der Waals surface area contributed by atoms with Gasteiger partial charge in [-0.15, -0.1) is 11.3 Å². The SMILES string of the molecule is Cc1ccc(C)n1-c1sccc1C(=O)N1CCN(c2ccncc2)CC1. The van der Waals surface area contributed by atoms with Crippen molar-refractivity contribution in [3.8, 4) is 5.00 Å². The molecule has 0 spiro atoms. The average molecular weight is 366 g/mol. The number of nitrogens with zero attached hydrogens (tertiary/aromatic N) is 4. The predicted molar refractivity (Wildman–Crippen MR) is 105 cm³/mol. The minimum atomic E-state index is 0.128. The van der Waals surface area contributed by atoms with Gasteiger partial charge in [-0.05, 0) is 49.6 Å². The summed E-state index contributed by atoms with van der Waals surface area (Å²) in [5, 5.41) is 3.03. The van der Waals surface area contributed by atoms with Crippen molar-refractivity contribution in [2.24, 2.45) is 0 Å². The highest BCUT2D eigenvalue weighted by Crippen LogP contribution is 2.27. The lowest BCUT2D eigenvalue weighted by Crippen LogP contribution is -2.48. The number of hydrogen-bond donors (Lipinski definition) is 0. The van der Waals surface area contributed by atoms with Crippen molar-refractivity contribution >= 4 is 22.9 Å². The van der Waals surface area contributed by atoms with E-state index in [1.807, 2.05) is 40.9 Å². The van der Waals surface area contributed by atoms with E-state index in [1.54, 1.807) is 11.3 Å². The zero-order chi connectivity index (χ0) is 18.1. The number of hydrogen-bond acceptors (Lipinski definition) is 4. The molecule has 0 N–H and O–H groups in total. The molecule has 4 rings (SSSR count). The van der Waals surface area contributed by atoms with E-state index in [-0.39, 0.29) is 5.91 Å². The third kappa shape index (κ3) is 3.01. The van der Waals surface area contributed by atoms with Gasteiger partial charge in [-0.1, -0.05) is 0 Å². The maximum Gasteiger partial charge on any atom is 0.256 e. The summed E-state index contributed by atoms with van der Waals surface area (Å²) in [6, 6.07) is 10.2. The van der Waals surface area contributed by atoms with Crippen molar-refractivity contribution in [3.05, 3.63) is 65.1 Å². The van der Waals surface area contributed by atoms with Gasteiger partial charge in [-0.3, -0.25) is 9.78 Å². The zero-order valence-electron chi connectivity index (χ0n) is 15.1. The Balaban J connectivity index is 1.51. The Morgan fingerprint density at radius 3 is 2.27 bits per heavy atom. The molecule has 1 aliphatic heterocycles. The van der Waals surface area contributed by atoms with Gasteiger partial charge < -0.3 is 14.4 Å². The molecular formula is C20H22N4OS. The van der Waals surface area contributed by atoms with Crippen LogP contribution in [0.15, 0.2) is 48.1 Å². The number of aryl methyl sites for hydroxylation is 2. The molecule has 5 nitrogen and oxygen atoms in total. The number of rotatable bonds is 3. The van der Waals surface area contributed by atoms with Crippen molar-refractivity contribution in [2.75, 3.05) is 31.1 Å². The second-order valence-electron chi connectivity index (χ2n) is 6.58. The number of anilines is 1. The first kappa shape index (κ1) is 16.8. The van der Waals surface area contributed by atoms with E-state index in [0.717, 1.165) is 48.1 Å². The lowest BCUT2D eigenvalue weighted by molar-refractivity contribution is 0.0747. The van der Waals surface area contributed by atoms with Gasteiger partial charge in [0.05, 0.1) is 5.56 Å². The van der Waals surface area contributed by atoms with Crippen molar-refractivity contribution in [3.63, 3.8) is 0 Å². The highest BCUT2D eigenvalue weighted by molar-refractivity contribution is 7.13. The van der Waals surface area contributed by atoms with E-state index in [2.05, 4.69) is 40.4 Å². The molecule has 1 aliphatic rings. The number of carbonyl (C=O) groups excluding carboxylic acids is 1. The number of aromatic nitrogens is 2. The van der Waals surface area contributed by atoms with Crippen molar-refractivity contribution < 1.29 is 4.79 Å². The average Bonchev–Trinajstić information content (AvgIpc) is 3.28.